The minimum atomic E-state index is -0.438. The first-order valence-corrected chi connectivity index (χ1v) is 5.66. The van der Waals surface area contributed by atoms with Crippen LogP contribution in [0.2, 0.25) is 0 Å². The largest absolute Gasteiger partial charge is 0.329 e. The summed E-state index contributed by atoms with van der Waals surface area (Å²) in [6.07, 6.45) is 1.63. The maximum absolute atomic E-state index is 11.7. The Balaban J connectivity index is 4.58. The highest BCUT2D eigenvalue weighted by Gasteiger charge is 2.17. The van der Waals surface area contributed by atoms with Crippen LogP contribution in [0.1, 0.15) is 34.6 Å². The molecule has 0 aliphatic carbocycles. The maximum Gasteiger partial charge on any atom is 0.328 e. The van der Waals surface area contributed by atoms with E-state index in [0.29, 0.717) is 0 Å². The van der Waals surface area contributed by atoms with E-state index in [-0.39, 0.29) is 24.4 Å². The van der Waals surface area contributed by atoms with Gasteiger partial charge >= 0.3 is 6.03 Å². The quantitative estimate of drug-likeness (QED) is 0.785. The van der Waals surface area contributed by atoms with Crippen LogP contribution in [0.5, 0.6) is 0 Å². The molecular formula is C12H23N3O2. The monoisotopic (exact) mass is 241 g/mol. The number of carbonyl (C=O) groups excluding carboxylic acids is 2. The fraction of sp³-hybridized carbons (Fsp3) is 0.667. The normalized spacial score (nSPS) is 12.2. The molecule has 0 saturated carbocycles. The van der Waals surface area contributed by atoms with Crippen LogP contribution >= 0.6 is 0 Å². The summed E-state index contributed by atoms with van der Waals surface area (Å²) in [5, 5.41) is 2.60. The average Bonchev–Trinajstić information content (AvgIpc) is 2.20. The Hall–Kier alpha value is -1.36. The zero-order chi connectivity index (χ0) is 13.6. The van der Waals surface area contributed by atoms with E-state index in [1.165, 1.54) is 6.92 Å². The van der Waals surface area contributed by atoms with Gasteiger partial charge in [-0.05, 0) is 12.3 Å². The molecule has 0 atom stereocenters. The molecular weight excluding hydrogens is 218 g/mol. The first-order chi connectivity index (χ1) is 7.70. The molecule has 0 aromatic carbocycles. The number of carbonyl (C=O) groups is 2. The summed E-state index contributed by atoms with van der Waals surface area (Å²) in [6, 6.07) is -0.438. The number of rotatable bonds is 3. The Morgan fingerprint density at radius 1 is 1.29 bits per heavy atom. The third kappa shape index (κ3) is 5.49. The topological polar surface area (TPSA) is 75.4 Å². The molecule has 5 nitrogen and oxygen atoms in total. The molecule has 0 bridgehead atoms. The van der Waals surface area contributed by atoms with Crippen LogP contribution in [-0.2, 0) is 4.79 Å². The molecule has 0 spiro atoms. The van der Waals surface area contributed by atoms with Gasteiger partial charge in [0.1, 0.15) is 0 Å². The molecule has 3 amide bonds. The molecule has 0 aromatic rings. The fourth-order valence-corrected chi connectivity index (χ4v) is 0.996. The van der Waals surface area contributed by atoms with Gasteiger partial charge in [0, 0.05) is 26.2 Å². The van der Waals surface area contributed by atoms with Gasteiger partial charge in [0.25, 0.3) is 0 Å². The zero-order valence-electron chi connectivity index (χ0n) is 11.3. The standard InChI is InChI=1S/C12H23N3O2/c1-9(12(3,4)5)8-14-11(17)15(7-6-13)10(2)16/h8H,6-7,13H2,1-5H3,(H,14,17)/b9-8+. The summed E-state index contributed by atoms with van der Waals surface area (Å²) in [7, 11) is 0. The van der Waals surface area contributed by atoms with Crippen molar-refractivity contribution in [2.24, 2.45) is 11.1 Å². The SMILES string of the molecule is CC(=O)N(CCN)C(=O)N/C=C(\C)C(C)(C)C. The van der Waals surface area contributed by atoms with Gasteiger partial charge in [-0.25, -0.2) is 4.79 Å². The smallest absolute Gasteiger partial charge is 0.328 e. The zero-order valence-corrected chi connectivity index (χ0v) is 11.3. The average molecular weight is 241 g/mol. The van der Waals surface area contributed by atoms with Crippen molar-refractivity contribution in [1.29, 1.82) is 0 Å². The Bertz CT molecular complexity index is 316. The van der Waals surface area contributed by atoms with Crippen molar-refractivity contribution in [2.75, 3.05) is 13.1 Å². The van der Waals surface area contributed by atoms with E-state index in [9.17, 15) is 9.59 Å². The van der Waals surface area contributed by atoms with Crippen LogP contribution in [0, 0.1) is 5.41 Å². The fourth-order valence-electron chi connectivity index (χ4n) is 0.996. The van der Waals surface area contributed by atoms with Crippen molar-refractivity contribution in [3.05, 3.63) is 11.8 Å². The molecule has 17 heavy (non-hydrogen) atoms. The molecule has 0 aliphatic rings. The lowest BCUT2D eigenvalue weighted by atomic mass is 9.88. The van der Waals surface area contributed by atoms with E-state index in [2.05, 4.69) is 5.32 Å². The predicted octanol–water partition coefficient (Wildman–Crippen LogP) is 1.45. The Morgan fingerprint density at radius 3 is 2.18 bits per heavy atom. The van der Waals surface area contributed by atoms with Gasteiger partial charge in [0.15, 0.2) is 0 Å². The van der Waals surface area contributed by atoms with Crippen LogP contribution in [0.3, 0.4) is 0 Å². The van der Waals surface area contributed by atoms with Crippen molar-refractivity contribution in [3.8, 4) is 0 Å². The molecule has 0 saturated heterocycles. The number of nitrogens with one attached hydrogen (secondary N) is 1. The second-order valence-electron chi connectivity index (χ2n) is 4.99. The van der Waals surface area contributed by atoms with Crippen LogP contribution in [0.4, 0.5) is 4.79 Å². The lowest BCUT2D eigenvalue weighted by Gasteiger charge is -2.21. The van der Waals surface area contributed by atoms with Crippen molar-refractivity contribution in [2.45, 2.75) is 34.6 Å². The first-order valence-electron chi connectivity index (χ1n) is 5.66. The molecule has 0 aromatic heterocycles. The van der Waals surface area contributed by atoms with Gasteiger partial charge in [-0.3, -0.25) is 9.69 Å². The number of nitrogens with zero attached hydrogens (tertiary/aromatic N) is 1. The van der Waals surface area contributed by atoms with Gasteiger partial charge in [0.05, 0.1) is 0 Å². The molecule has 0 aliphatic heterocycles. The molecule has 0 unspecified atom stereocenters. The summed E-state index contributed by atoms with van der Waals surface area (Å²) >= 11 is 0. The van der Waals surface area contributed by atoms with E-state index in [1.807, 2.05) is 27.7 Å². The van der Waals surface area contributed by atoms with Gasteiger partial charge in [0.2, 0.25) is 5.91 Å². The van der Waals surface area contributed by atoms with Crippen LogP contribution < -0.4 is 11.1 Å². The number of amides is 3. The lowest BCUT2D eigenvalue weighted by molar-refractivity contribution is -0.125. The van der Waals surface area contributed by atoms with E-state index >= 15 is 0 Å². The van der Waals surface area contributed by atoms with Gasteiger partial charge in [-0.15, -0.1) is 0 Å². The Morgan fingerprint density at radius 2 is 1.82 bits per heavy atom. The highest BCUT2D eigenvalue weighted by molar-refractivity contribution is 5.93. The number of allylic oxidation sites excluding steroid dienone is 1. The minimum Gasteiger partial charge on any atom is -0.329 e. The Labute approximate surface area is 103 Å². The summed E-state index contributed by atoms with van der Waals surface area (Å²) < 4.78 is 0. The van der Waals surface area contributed by atoms with Crippen LogP contribution in [0.25, 0.3) is 0 Å². The number of urea groups is 1. The van der Waals surface area contributed by atoms with Crippen LogP contribution in [0.15, 0.2) is 11.8 Å². The number of nitrogens with two attached hydrogens (primary N) is 1. The van der Waals surface area contributed by atoms with Crippen molar-refractivity contribution in [1.82, 2.24) is 10.2 Å². The highest BCUT2D eigenvalue weighted by atomic mass is 16.2. The first kappa shape index (κ1) is 15.6. The summed E-state index contributed by atoms with van der Waals surface area (Å²) in [6.45, 7) is 9.91. The minimum absolute atomic E-state index is 0.0117. The second-order valence-corrected chi connectivity index (χ2v) is 4.99. The molecule has 3 N–H and O–H groups in total. The molecule has 0 rings (SSSR count). The lowest BCUT2D eigenvalue weighted by Crippen LogP contribution is -2.43. The number of imide groups is 1. The van der Waals surface area contributed by atoms with E-state index in [0.717, 1.165) is 10.5 Å². The highest BCUT2D eigenvalue weighted by Crippen LogP contribution is 2.23. The van der Waals surface area contributed by atoms with Crippen molar-refractivity contribution < 1.29 is 9.59 Å². The van der Waals surface area contributed by atoms with E-state index in [1.54, 1.807) is 6.20 Å². The molecule has 98 valence electrons. The summed E-state index contributed by atoms with van der Waals surface area (Å²) in [4.78, 5) is 24.0. The van der Waals surface area contributed by atoms with E-state index in [4.69, 9.17) is 5.73 Å². The predicted molar refractivity (Wildman–Crippen MR) is 68.2 cm³/mol. The molecule has 5 heteroatoms. The summed E-state index contributed by atoms with van der Waals surface area (Å²) in [5.41, 5.74) is 6.36. The number of hydrogen-bond donors (Lipinski definition) is 2. The third-order valence-electron chi connectivity index (χ3n) is 2.57. The van der Waals surface area contributed by atoms with Gasteiger partial charge in [-0.2, -0.15) is 0 Å². The van der Waals surface area contributed by atoms with Crippen molar-refractivity contribution in [3.63, 3.8) is 0 Å². The van der Waals surface area contributed by atoms with Crippen molar-refractivity contribution >= 4 is 11.9 Å². The summed E-state index contributed by atoms with van der Waals surface area (Å²) in [5.74, 6) is -0.310. The number of hydrogen-bond acceptors (Lipinski definition) is 3. The van der Waals surface area contributed by atoms with Gasteiger partial charge in [-0.1, -0.05) is 26.3 Å². The Kier molecular flexibility index (Phi) is 5.88. The maximum atomic E-state index is 11.7. The second kappa shape index (κ2) is 6.39. The molecule has 0 fully saturated rings. The molecule has 0 radical (unpaired) electrons. The van der Waals surface area contributed by atoms with E-state index < -0.39 is 6.03 Å². The van der Waals surface area contributed by atoms with Gasteiger partial charge < -0.3 is 11.1 Å². The molecule has 0 heterocycles. The third-order valence-corrected chi connectivity index (χ3v) is 2.57. The van der Waals surface area contributed by atoms with Crippen LogP contribution in [-0.4, -0.2) is 29.9 Å².